The lowest BCUT2D eigenvalue weighted by atomic mass is 10.0. The number of nitrogens with zero attached hydrogens (tertiary/aromatic N) is 1. The third kappa shape index (κ3) is 6.03. The van der Waals surface area contributed by atoms with Crippen LogP contribution in [0.2, 0.25) is 0 Å². The number of hydrogen-bond acceptors (Lipinski definition) is 6. The van der Waals surface area contributed by atoms with E-state index in [0.717, 1.165) is 12.0 Å². The smallest absolute Gasteiger partial charge is 0.422 e. The summed E-state index contributed by atoms with van der Waals surface area (Å²) < 4.78 is 10.7. The van der Waals surface area contributed by atoms with Gasteiger partial charge in [0.05, 0.1) is 0 Å². The molecule has 176 valence electrons. The second-order valence-electron chi connectivity index (χ2n) is 9.45. The van der Waals surface area contributed by atoms with Crippen molar-refractivity contribution in [1.82, 2.24) is 21.1 Å². The van der Waals surface area contributed by atoms with Crippen LogP contribution in [0.15, 0.2) is 42.5 Å². The second-order valence-corrected chi connectivity index (χ2v) is 9.45. The first-order chi connectivity index (χ1) is 15.8. The van der Waals surface area contributed by atoms with Crippen LogP contribution < -0.4 is 16.1 Å². The molecule has 2 amide bonds. The lowest BCUT2D eigenvalue weighted by molar-refractivity contribution is 0.0114. The molecule has 1 heterocycles. The van der Waals surface area contributed by atoms with Gasteiger partial charge < -0.3 is 20.1 Å². The molecule has 2 aromatic rings. The molecule has 2 aromatic carbocycles. The molecule has 0 spiro atoms. The molecule has 8 heteroatoms. The summed E-state index contributed by atoms with van der Waals surface area (Å²) >= 11 is 0. The van der Waals surface area contributed by atoms with Gasteiger partial charge in [0, 0.05) is 32.2 Å². The summed E-state index contributed by atoms with van der Waals surface area (Å²) in [5, 5.41) is 7.92. The number of carbonyl (C=O) groups excluding carboxylic acids is 2. The average Bonchev–Trinajstić information content (AvgIpc) is 3.11. The Bertz CT molecular complexity index is 1010. The molecule has 1 aliphatic heterocycles. The van der Waals surface area contributed by atoms with Gasteiger partial charge in [-0.2, -0.15) is 0 Å². The minimum Gasteiger partial charge on any atom is -0.445 e. The molecule has 0 atom stereocenters. The van der Waals surface area contributed by atoms with Gasteiger partial charge in [-0.1, -0.05) is 42.5 Å². The van der Waals surface area contributed by atoms with Gasteiger partial charge in [-0.05, 0) is 55.0 Å². The first-order valence-corrected chi connectivity index (χ1v) is 11.4. The topological polar surface area (TPSA) is 91.9 Å². The Labute approximate surface area is 194 Å². The van der Waals surface area contributed by atoms with E-state index in [1.807, 2.05) is 32.9 Å². The molecule has 8 nitrogen and oxygen atoms in total. The molecule has 1 saturated heterocycles. The van der Waals surface area contributed by atoms with Gasteiger partial charge in [0.25, 0.3) is 0 Å². The Morgan fingerprint density at radius 1 is 1.00 bits per heavy atom. The lowest BCUT2D eigenvalue weighted by Gasteiger charge is -2.39. The van der Waals surface area contributed by atoms with E-state index < -0.39 is 17.8 Å². The van der Waals surface area contributed by atoms with E-state index in [1.165, 1.54) is 22.3 Å². The zero-order valence-electron chi connectivity index (χ0n) is 19.4. The van der Waals surface area contributed by atoms with Gasteiger partial charge in [-0.25, -0.2) is 14.6 Å². The number of hydrogen-bond donors (Lipinski definition) is 3. The Balaban J connectivity index is 1.11. The van der Waals surface area contributed by atoms with Crippen LogP contribution in [0.25, 0.3) is 11.1 Å². The standard InChI is InChI=1S/C25H32N4O4/c1-25(2,3)33-24(31)28-29-14-19(15-29)26-11-12-27-23(30)32-16-18-8-6-10-21-20-9-5-4-7-17(20)13-22(18)21/h4-10,19,26H,11-16H2,1-3H3,(H,27,30)(H,28,31). The maximum Gasteiger partial charge on any atom is 0.422 e. The molecule has 1 fully saturated rings. The summed E-state index contributed by atoms with van der Waals surface area (Å²) in [7, 11) is 0. The molecule has 33 heavy (non-hydrogen) atoms. The molecule has 0 unspecified atom stereocenters. The second kappa shape index (κ2) is 9.80. The molecule has 0 radical (unpaired) electrons. The van der Waals surface area contributed by atoms with Crippen molar-refractivity contribution in [3.63, 3.8) is 0 Å². The van der Waals surface area contributed by atoms with Crippen LogP contribution in [-0.4, -0.2) is 55.0 Å². The molecule has 4 rings (SSSR count). The van der Waals surface area contributed by atoms with Crippen molar-refractivity contribution < 1.29 is 19.1 Å². The highest BCUT2D eigenvalue weighted by Gasteiger charge is 2.29. The Morgan fingerprint density at radius 2 is 1.76 bits per heavy atom. The largest absolute Gasteiger partial charge is 0.445 e. The molecule has 0 aromatic heterocycles. The molecule has 0 bridgehead atoms. The zero-order valence-corrected chi connectivity index (χ0v) is 19.4. The maximum atomic E-state index is 12.1. The summed E-state index contributed by atoms with van der Waals surface area (Å²) in [6, 6.07) is 14.8. The fourth-order valence-electron chi connectivity index (χ4n) is 4.12. The normalized spacial score (nSPS) is 15.2. The fourth-order valence-corrected chi connectivity index (χ4v) is 4.12. The molecule has 1 aliphatic carbocycles. The van der Waals surface area contributed by atoms with Crippen molar-refractivity contribution in [2.24, 2.45) is 0 Å². The van der Waals surface area contributed by atoms with E-state index in [0.29, 0.717) is 26.2 Å². The molecule has 2 aliphatic rings. The molecular weight excluding hydrogens is 420 g/mol. The molecule has 3 N–H and O–H groups in total. The van der Waals surface area contributed by atoms with E-state index >= 15 is 0 Å². The predicted molar refractivity (Wildman–Crippen MR) is 126 cm³/mol. The third-order valence-electron chi connectivity index (χ3n) is 5.66. The van der Waals surface area contributed by atoms with Crippen LogP contribution >= 0.6 is 0 Å². The van der Waals surface area contributed by atoms with Crippen molar-refractivity contribution in [2.45, 2.75) is 45.4 Å². The number of carbonyl (C=O) groups is 2. The summed E-state index contributed by atoms with van der Waals surface area (Å²) in [6.45, 7) is 8.20. The number of amides is 2. The number of fused-ring (bicyclic) bond motifs is 3. The van der Waals surface area contributed by atoms with Crippen LogP contribution in [0, 0.1) is 0 Å². The first-order valence-electron chi connectivity index (χ1n) is 11.4. The SMILES string of the molecule is CC(C)(C)OC(=O)NN1CC(NCCNC(=O)OCc2cccc3c2Cc2ccccc2-3)C1. The quantitative estimate of drug-likeness (QED) is 0.477. The Kier molecular flexibility index (Phi) is 6.85. The van der Waals surface area contributed by atoms with Gasteiger partial charge in [0.2, 0.25) is 0 Å². The highest BCUT2D eigenvalue weighted by Crippen LogP contribution is 2.38. The van der Waals surface area contributed by atoms with Crippen molar-refractivity contribution in [1.29, 1.82) is 0 Å². The number of ether oxygens (including phenoxy) is 2. The minimum absolute atomic E-state index is 0.254. The van der Waals surface area contributed by atoms with Crippen molar-refractivity contribution in [3.05, 3.63) is 59.2 Å². The summed E-state index contributed by atoms with van der Waals surface area (Å²) in [6.07, 6.45) is 0.00246. The van der Waals surface area contributed by atoms with Crippen molar-refractivity contribution in [3.8, 4) is 11.1 Å². The summed E-state index contributed by atoms with van der Waals surface area (Å²) in [4.78, 5) is 23.9. The van der Waals surface area contributed by atoms with E-state index in [2.05, 4.69) is 46.4 Å². The summed E-state index contributed by atoms with van der Waals surface area (Å²) in [5.74, 6) is 0. The average molecular weight is 453 g/mol. The lowest BCUT2D eigenvalue weighted by Crippen LogP contribution is -2.64. The number of benzene rings is 2. The summed E-state index contributed by atoms with van der Waals surface area (Å²) in [5.41, 5.74) is 8.28. The highest BCUT2D eigenvalue weighted by molar-refractivity contribution is 5.78. The van der Waals surface area contributed by atoms with E-state index in [1.54, 1.807) is 5.01 Å². The van der Waals surface area contributed by atoms with Gasteiger partial charge in [0.1, 0.15) is 12.2 Å². The number of hydrazine groups is 1. The highest BCUT2D eigenvalue weighted by atomic mass is 16.6. The number of nitrogens with one attached hydrogen (secondary N) is 3. The van der Waals surface area contributed by atoms with Crippen molar-refractivity contribution >= 4 is 12.2 Å². The van der Waals surface area contributed by atoms with Gasteiger partial charge in [0.15, 0.2) is 0 Å². The number of alkyl carbamates (subject to hydrolysis) is 1. The predicted octanol–water partition coefficient (Wildman–Crippen LogP) is 3.20. The molecular formula is C25H32N4O4. The third-order valence-corrected chi connectivity index (χ3v) is 5.66. The fraction of sp³-hybridized carbons (Fsp3) is 0.440. The van der Waals surface area contributed by atoms with Crippen LogP contribution in [0.4, 0.5) is 9.59 Å². The maximum absolute atomic E-state index is 12.1. The van der Waals surface area contributed by atoms with Crippen molar-refractivity contribution in [2.75, 3.05) is 26.2 Å². The Hall–Kier alpha value is -3.10. The zero-order chi connectivity index (χ0) is 23.4. The Morgan fingerprint density at radius 3 is 2.55 bits per heavy atom. The van der Waals surface area contributed by atoms with Crippen LogP contribution in [0.5, 0.6) is 0 Å². The van der Waals surface area contributed by atoms with Crippen LogP contribution in [0.1, 0.15) is 37.5 Å². The van der Waals surface area contributed by atoms with E-state index in [-0.39, 0.29) is 12.6 Å². The van der Waals surface area contributed by atoms with Crippen LogP contribution in [-0.2, 0) is 22.5 Å². The first kappa shape index (κ1) is 23.1. The number of rotatable bonds is 7. The minimum atomic E-state index is -0.515. The van der Waals surface area contributed by atoms with Crippen LogP contribution in [0.3, 0.4) is 0 Å². The van der Waals surface area contributed by atoms with Gasteiger partial charge >= 0.3 is 12.2 Å². The monoisotopic (exact) mass is 452 g/mol. The van der Waals surface area contributed by atoms with E-state index in [9.17, 15) is 9.59 Å². The molecule has 0 saturated carbocycles. The van der Waals surface area contributed by atoms with Gasteiger partial charge in [-0.3, -0.25) is 5.43 Å². The van der Waals surface area contributed by atoms with E-state index in [4.69, 9.17) is 9.47 Å². The van der Waals surface area contributed by atoms with Gasteiger partial charge in [-0.15, -0.1) is 0 Å².